The molecule has 0 aliphatic rings. The van der Waals surface area contributed by atoms with Gasteiger partial charge in [-0.05, 0) is 74.2 Å². The summed E-state index contributed by atoms with van der Waals surface area (Å²) in [6, 6.07) is 14.3. The molecule has 0 aromatic heterocycles. The van der Waals surface area contributed by atoms with E-state index in [0.717, 1.165) is 29.9 Å². The van der Waals surface area contributed by atoms with E-state index >= 15 is 0 Å². The van der Waals surface area contributed by atoms with Crippen LogP contribution >= 0.6 is 0 Å². The molecule has 0 aliphatic heterocycles. The number of hydrogen-bond acceptors (Lipinski definition) is 3. The maximum atomic E-state index is 13.3. The van der Waals surface area contributed by atoms with Crippen LogP contribution in [0.2, 0.25) is 0 Å². The van der Waals surface area contributed by atoms with Gasteiger partial charge >= 0.3 is 0 Å². The molecule has 2 aromatic carbocycles. The molecule has 0 spiro atoms. The molecule has 1 unspecified atom stereocenters. The molecule has 0 amide bonds. The van der Waals surface area contributed by atoms with Gasteiger partial charge in [0, 0.05) is 0 Å². The molecule has 0 aliphatic carbocycles. The predicted octanol–water partition coefficient (Wildman–Crippen LogP) is 4.13. The quantitative estimate of drug-likeness (QED) is 0.707. The highest BCUT2D eigenvalue weighted by molar-refractivity contribution is 5.31. The zero-order chi connectivity index (χ0) is 16.5. The van der Waals surface area contributed by atoms with Crippen LogP contribution < -0.4 is 15.2 Å². The molecule has 2 rings (SSSR count). The zero-order valence-corrected chi connectivity index (χ0v) is 13.5. The van der Waals surface area contributed by atoms with Gasteiger partial charge in [0.05, 0.1) is 13.2 Å². The number of rotatable bonds is 9. The molecule has 0 fully saturated rings. The van der Waals surface area contributed by atoms with E-state index in [1.807, 2.05) is 37.3 Å². The van der Waals surface area contributed by atoms with E-state index in [1.54, 1.807) is 12.1 Å². The Morgan fingerprint density at radius 1 is 1.04 bits per heavy atom. The van der Waals surface area contributed by atoms with Gasteiger partial charge in [0.1, 0.15) is 17.3 Å². The van der Waals surface area contributed by atoms with Crippen molar-refractivity contribution in [3.05, 3.63) is 59.9 Å². The first-order chi connectivity index (χ1) is 11.2. The lowest BCUT2D eigenvalue weighted by Crippen LogP contribution is -2.14. The summed E-state index contributed by atoms with van der Waals surface area (Å²) in [6.07, 6.45) is 1.74. The second kappa shape index (κ2) is 9.16. The molecule has 4 heteroatoms. The van der Waals surface area contributed by atoms with Gasteiger partial charge in [-0.3, -0.25) is 0 Å². The Kier molecular flexibility index (Phi) is 6.88. The molecule has 2 aromatic rings. The van der Waals surface area contributed by atoms with Crippen LogP contribution in [-0.4, -0.2) is 19.8 Å². The number of ether oxygens (including phenoxy) is 2. The molecule has 0 bridgehead atoms. The van der Waals surface area contributed by atoms with Crippen molar-refractivity contribution < 1.29 is 13.9 Å². The van der Waals surface area contributed by atoms with Crippen molar-refractivity contribution in [2.45, 2.75) is 25.7 Å². The first kappa shape index (κ1) is 17.3. The van der Waals surface area contributed by atoms with Crippen LogP contribution in [0.4, 0.5) is 4.39 Å². The molecule has 0 saturated heterocycles. The van der Waals surface area contributed by atoms with Crippen molar-refractivity contribution in [2.24, 2.45) is 5.73 Å². The van der Waals surface area contributed by atoms with Gasteiger partial charge in [0.15, 0.2) is 0 Å². The second-order valence-corrected chi connectivity index (χ2v) is 5.38. The summed E-state index contributed by atoms with van der Waals surface area (Å²) < 4.78 is 24.4. The van der Waals surface area contributed by atoms with E-state index < -0.39 is 0 Å². The van der Waals surface area contributed by atoms with E-state index in [1.165, 1.54) is 6.07 Å². The third kappa shape index (κ3) is 5.57. The van der Waals surface area contributed by atoms with Gasteiger partial charge in [-0.25, -0.2) is 4.39 Å². The fraction of sp³-hybridized carbons (Fsp3) is 0.368. The lowest BCUT2D eigenvalue weighted by atomic mass is 9.94. The van der Waals surface area contributed by atoms with Gasteiger partial charge in [-0.1, -0.05) is 12.1 Å². The first-order valence-electron chi connectivity index (χ1n) is 8.04. The summed E-state index contributed by atoms with van der Waals surface area (Å²) in [6.45, 7) is 3.73. The van der Waals surface area contributed by atoms with Crippen LogP contribution in [0, 0.1) is 5.82 Å². The molecule has 0 radical (unpaired) electrons. The summed E-state index contributed by atoms with van der Waals surface area (Å²) in [5.74, 6) is 1.61. The summed E-state index contributed by atoms with van der Waals surface area (Å²) in [5.41, 5.74) is 6.77. The molecule has 0 saturated carbocycles. The summed E-state index contributed by atoms with van der Waals surface area (Å²) in [4.78, 5) is 0. The van der Waals surface area contributed by atoms with Crippen LogP contribution in [0.5, 0.6) is 11.5 Å². The van der Waals surface area contributed by atoms with Crippen LogP contribution in [-0.2, 0) is 0 Å². The fourth-order valence-corrected chi connectivity index (χ4v) is 2.50. The maximum absolute atomic E-state index is 13.3. The standard InChI is InChI=1S/C19H24FNO2/c1-2-22-18-8-10-19(11-9-18)23-12-4-6-16(14-21)15-5-3-7-17(20)13-15/h3,5,7-11,13,16H,2,4,6,12,14,21H2,1H3. The Labute approximate surface area is 137 Å². The minimum atomic E-state index is -0.216. The smallest absolute Gasteiger partial charge is 0.123 e. The SMILES string of the molecule is CCOc1ccc(OCCCC(CN)c2cccc(F)c2)cc1. The van der Waals surface area contributed by atoms with E-state index in [-0.39, 0.29) is 11.7 Å². The van der Waals surface area contributed by atoms with E-state index in [9.17, 15) is 4.39 Å². The summed E-state index contributed by atoms with van der Waals surface area (Å²) in [7, 11) is 0. The van der Waals surface area contributed by atoms with Crippen molar-refractivity contribution in [2.75, 3.05) is 19.8 Å². The van der Waals surface area contributed by atoms with Gasteiger partial charge in [0.2, 0.25) is 0 Å². The molecular weight excluding hydrogens is 293 g/mol. The van der Waals surface area contributed by atoms with Crippen molar-refractivity contribution in [3.63, 3.8) is 0 Å². The monoisotopic (exact) mass is 317 g/mol. The molecule has 23 heavy (non-hydrogen) atoms. The minimum absolute atomic E-state index is 0.162. The normalized spacial score (nSPS) is 12.0. The Morgan fingerprint density at radius 3 is 2.35 bits per heavy atom. The van der Waals surface area contributed by atoms with Crippen molar-refractivity contribution in [3.8, 4) is 11.5 Å². The van der Waals surface area contributed by atoms with Gasteiger partial charge in [-0.2, -0.15) is 0 Å². The molecular formula is C19H24FNO2. The first-order valence-corrected chi connectivity index (χ1v) is 8.04. The van der Waals surface area contributed by atoms with E-state index in [2.05, 4.69) is 0 Å². The topological polar surface area (TPSA) is 44.5 Å². The Bertz CT molecular complexity index is 586. The van der Waals surface area contributed by atoms with Crippen molar-refractivity contribution >= 4 is 0 Å². The molecule has 3 nitrogen and oxygen atoms in total. The average molecular weight is 317 g/mol. The number of nitrogens with two attached hydrogens (primary N) is 1. The maximum Gasteiger partial charge on any atom is 0.123 e. The predicted molar refractivity (Wildman–Crippen MR) is 90.5 cm³/mol. The lowest BCUT2D eigenvalue weighted by Gasteiger charge is -2.15. The van der Waals surface area contributed by atoms with Crippen LogP contribution in [0.25, 0.3) is 0 Å². The fourth-order valence-electron chi connectivity index (χ4n) is 2.50. The number of hydrogen-bond donors (Lipinski definition) is 1. The third-order valence-electron chi connectivity index (χ3n) is 3.70. The Morgan fingerprint density at radius 2 is 1.74 bits per heavy atom. The summed E-state index contributed by atoms with van der Waals surface area (Å²) in [5, 5.41) is 0. The molecule has 124 valence electrons. The average Bonchev–Trinajstić information content (AvgIpc) is 2.57. The Balaban J connectivity index is 1.77. The van der Waals surface area contributed by atoms with E-state index in [4.69, 9.17) is 15.2 Å². The van der Waals surface area contributed by atoms with Crippen molar-refractivity contribution in [1.29, 1.82) is 0 Å². The number of halogens is 1. The molecule has 2 N–H and O–H groups in total. The molecule has 0 heterocycles. The summed E-state index contributed by atoms with van der Waals surface area (Å²) >= 11 is 0. The highest BCUT2D eigenvalue weighted by Gasteiger charge is 2.10. The molecule has 1 atom stereocenters. The van der Waals surface area contributed by atoms with Crippen molar-refractivity contribution in [1.82, 2.24) is 0 Å². The van der Waals surface area contributed by atoms with E-state index in [0.29, 0.717) is 19.8 Å². The second-order valence-electron chi connectivity index (χ2n) is 5.38. The van der Waals surface area contributed by atoms with Crippen LogP contribution in [0.3, 0.4) is 0 Å². The van der Waals surface area contributed by atoms with Gasteiger partial charge in [-0.15, -0.1) is 0 Å². The van der Waals surface area contributed by atoms with Crippen LogP contribution in [0.15, 0.2) is 48.5 Å². The van der Waals surface area contributed by atoms with Gasteiger partial charge < -0.3 is 15.2 Å². The van der Waals surface area contributed by atoms with Crippen LogP contribution in [0.1, 0.15) is 31.2 Å². The largest absolute Gasteiger partial charge is 0.494 e. The number of benzene rings is 2. The highest BCUT2D eigenvalue weighted by atomic mass is 19.1. The zero-order valence-electron chi connectivity index (χ0n) is 13.5. The van der Waals surface area contributed by atoms with Gasteiger partial charge in [0.25, 0.3) is 0 Å². The third-order valence-corrected chi connectivity index (χ3v) is 3.70. The highest BCUT2D eigenvalue weighted by Crippen LogP contribution is 2.22. The Hall–Kier alpha value is -2.07. The minimum Gasteiger partial charge on any atom is -0.494 e. The lowest BCUT2D eigenvalue weighted by molar-refractivity contribution is 0.300.